The fourth-order valence-corrected chi connectivity index (χ4v) is 4.59. The van der Waals surface area contributed by atoms with Crippen LogP contribution in [0.15, 0.2) is 24.3 Å². The van der Waals surface area contributed by atoms with Gasteiger partial charge in [0.15, 0.2) is 0 Å². The molecule has 0 aromatic heterocycles. The second-order valence-electron chi connectivity index (χ2n) is 4.64. The van der Waals surface area contributed by atoms with Gasteiger partial charge in [-0.1, -0.05) is 37.4 Å². The first-order valence-electron chi connectivity index (χ1n) is 5.86. The Labute approximate surface area is 95.6 Å². The minimum Gasteiger partial charge on any atom is -0.374 e. The van der Waals surface area contributed by atoms with Crippen LogP contribution in [0.3, 0.4) is 0 Å². The molecule has 0 saturated carbocycles. The van der Waals surface area contributed by atoms with Gasteiger partial charge in [-0.05, 0) is 30.9 Å². The Kier molecular flexibility index (Phi) is 3.27. The van der Waals surface area contributed by atoms with E-state index in [1.165, 1.54) is 24.8 Å². The van der Waals surface area contributed by atoms with Crippen molar-refractivity contribution in [2.45, 2.75) is 37.6 Å². The van der Waals surface area contributed by atoms with Crippen molar-refractivity contribution in [1.82, 2.24) is 0 Å². The van der Waals surface area contributed by atoms with E-state index < -0.39 is 8.80 Å². The highest BCUT2D eigenvalue weighted by molar-refractivity contribution is 6.58. The Morgan fingerprint density at radius 1 is 1.33 bits per heavy atom. The molecule has 0 spiro atoms. The number of ether oxygens (including phenoxy) is 1. The molecule has 0 bridgehead atoms. The highest BCUT2D eigenvalue weighted by Crippen LogP contribution is 2.37. The zero-order valence-electron chi connectivity index (χ0n) is 10.6. The average Bonchev–Trinajstić information content (AvgIpc) is 2.31. The zero-order chi connectivity index (χ0) is 10.7. The van der Waals surface area contributed by atoms with Gasteiger partial charge in [0.05, 0.1) is 14.0 Å². The molecule has 1 saturated heterocycles. The Bertz CT molecular complexity index is 307. The smallest absolute Gasteiger partial charge is 0.374 e. The maximum atomic E-state index is 6.16. The summed E-state index contributed by atoms with van der Waals surface area (Å²) in [4.78, 5) is 0. The van der Waals surface area contributed by atoms with E-state index in [-0.39, 0.29) is 6.65 Å². The molecule has 0 amide bonds. The fourth-order valence-electron chi connectivity index (χ4n) is 2.50. The number of hydrogen-bond donors (Lipinski definition) is 0. The second kappa shape index (κ2) is 4.50. The van der Waals surface area contributed by atoms with Gasteiger partial charge in [-0.25, -0.2) is 0 Å². The largest absolute Gasteiger partial charge is 1.00 e. The van der Waals surface area contributed by atoms with Gasteiger partial charge in [0.25, 0.3) is 0 Å². The van der Waals surface area contributed by atoms with Gasteiger partial charge in [-0.15, -0.1) is 0 Å². The minimum absolute atomic E-state index is 0. The number of rotatable bonds is 2. The van der Waals surface area contributed by atoms with Crippen molar-refractivity contribution in [1.29, 1.82) is 0 Å². The summed E-state index contributed by atoms with van der Waals surface area (Å²) in [5.74, 6) is 0. The van der Waals surface area contributed by atoms with E-state index in [0.717, 1.165) is 6.61 Å². The lowest BCUT2D eigenvalue weighted by atomic mass is 10.0. The highest BCUT2D eigenvalue weighted by atomic mass is 28.3. The van der Waals surface area contributed by atoms with Crippen LogP contribution in [-0.4, -0.2) is 15.4 Å². The quantitative estimate of drug-likeness (QED) is 0.696. The SMILES string of the molecule is C[SiH](C)C1(c2cc[c]cc2)CCCCO1.[H+]. The Morgan fingerprint density at radius 3 is 2.60 bits per heavy atom. The molecular formula is C13H20OSi+. The highest BCUT2D eigenvalue weighted by Gasteiger charge is 2.38. The normalized spacial score (nSPS) is 26.9. The van der Waals surface area contributed by atoms with Crippen LogP contribution in [0.25, 0.3) is 0 Å². The van der Waals surface area contributed by atoms with Crippen LogP contribution < -0.4 is 0 Å². The van der Waals surface area contributed by atoms with E-state index in [1.807, 2.05) is 12.1 Å². The number of benzene rings is 1. The predicted octanol–water partition coefficient (Wildman–Crippen LogP) is 3.02. The first-order valence-corrected chi connectivity index (χ1v) is 8.75. The summed E-state index contributed by atoms with van der Waals surface area (Å²) in [6.45, 7) is 5.72. The monoisotopic (exact) mass is 220 g/mol. The van der Waals surface area contributed by atoms with Crippen LogP contribution in [0.1, 0.15) is 26.3 Å². The van der Waals surface area contributed by atoms with Crippen molar-refractivity contribution in [2.24, 2.45) is 0 Å². The summed E-state index contributed by atoms with van der Waals surface area (Å²) in [5, 5.41) is 0.0906. The third-order valence-electron chi connectivity index (χ3n) is 3.44. The van der Waals surface area contributed by atoms with Crippen LogP contribution >= 0.6 is 0 Å². The van der Waals surface area contributed by atoms with E-state index in [9.17, 15) is 0 Å². The lowest BCUT2D eigenvalue weighted by molar-refractivity contribution is -0.0264. The standard InChI is InChI=1S/C13H19OSi/c1-15(2)13(10-6-7-11-14-13)12-8-4-3-5-9-12/h4-5,8-9,15H,6-7,10-11H2,1-2H3/p+1. The lowest BCUT2D eigenvalue weighted by Crippen LogP contribution is -2.44. The van der Waals surface area contributed by atoms with Gasteiger partial charge >= 0.3 is 1.43 Å². The molecule has 0 N–H and O–H groups in total. The molecule has 1 unspecified atom stereocenters. The molecule has 2 rings (SSSR count). The summed E-state index contributed by atoms with van der Waals surface area (Å²) in [6, 6.07) is 11.5. The molecule has 0 aliphatic carbocycles. The molecule has 1 heterocycles. The van der Waals surface area contributed by atoms with Crippen molar-refractivity contribution < 1.29 is 6.16 Å². The Balaban J connectivity index is 0.00000128. The van der Waals surface area contributed by atoms with Crippen molar-refractivity contribution in [3.8, 4) is 0 Å². The Hall–Kier alpha value is -0.603. The molecule has 1 radical (unpaired) electrons. The van der Waals surface area contributed by atoms with Crippen LogP contribution in [0.5, 0.6) is 0 Å². The summed E-state index contributed by atoms with van der Waals surface area (Å²) < 4.78 is 6.16. The van der Waals surface area contributed by atoms with E-state index in [1.54, 1.807) is 0 Å². The van der Waals surface area contributed by atoms with Gasteiger partial charge in [-0.2, -0.15) is 0 Å². The maximum absolute atomic E-state index is 6.16. The molecule has 81 valence electrons. The third kappa shape index (κ3) is 2.01. The van der Waals surface area contributed by atoms with Crippen LogP contribution in [-0.2, 0) is 9.96 Å². The molecule has 1 aliphatic rings. The zero-order valence-corrected chi connectivity index (χ0v) is 10.8. The fraction of sp³-hybridized carbons (Fsp3) is 0.538. The molecule has 2 heteroatoms. The predicted molar refractivity (Wildman–Crippen MR) is 66.7 cm³/mol. The van der Waals surface area contributed by atoms with Gasteiger partial charge in [0, 0.05) is 6.61 Å². The molecule has 1 atom stereocenters. The maximum Gasteiger partial charge on any atom is 1.00 e. The van der Waals surface area contributed by atoms with Crippen molar-refractivity contribution in [3.63, 3.8) is 0 Å². The molecular weight excluding hydrogens is 200 g/mol. The van der Waals surface area contributed by atoms with Crippen LogP contribution in [0.2, 0.25) is 13.1 Å². The van der Waals surface area contributed by atoms with E-state index in [2.05, 4.69) is 31.3 Å². The van der Waals surface area contributed by atoms with Gasteiger partial charge in [0.1, 0.15) is 0 Å². The topological polar surface area (TPSA) is 9.23 Å². The van der Waals surface area contributed by atoms with Crippen molar-refractivity contribution in [3.05, 3.63) is 35.9 Å². The van der Waals surface area contributed by atoms with Crippen LogP contribution in [0.4, 0.5) is 0 Å². The first-order chi connectivity index (χ1) is 7.26. The lowest BCUT2D eigenvalue weighted by Gasteiger charge is -2.41. The second-order valence-corrected chi connectivity index (χ2v) is 7.88. The molecule has 1 aliphatic heterocycles. The van der Waals surface area contributed by atoms with Crippen molar-refractivity contribution in [2.75, 3.05) is 6.61 Å². The van der Waals surface area contributed by atoms with E-state index >= 15 is 0 Å². The van der Waals surface area contributed by atoms with Gasteiger partial charge in [0.2, 0.25) is 0 Å². The van der Waals surface area contributed by atoms with E-state index in [0.29, 0.717) is 0 Å². The molecule has 1 nitrogen and oxygen atoms in total. The summed E-state index contributed by atoms with van der Waals surface area (Å²) in [7, 11) is -0.850. The first kappa shape index (κ1) is 10.9. The molecule has 1 aromatic carbocycles. The number of hydrogen-bond acceptors (Lipinski definition) is 1. The average molecular weight is 220 g/mol. The molecule has 1 fully saturated rings. The van der Waals surface area contributed by atoms with Crippen LogP contribution in [0, 0.1) is 6.07 Å². The van der Waals surface area contributed by atoms with E-state index in [4.69, 9.17) is 4.74 Å². The van der Waals surface area contributed by atoms with Gasteiger partial charge in [-0.3, -0.25) is 0 Å². The van der Waals surface area contributed by atoms with Crippen molar-refractivity contribution >= 4 is 8.80 Å². The minimum atomic E-state index is -0.850. The molecule has 1 aromatic rings. The summed E-state index contributed by atoms with van der Waals surface area (Å²) in [5.41, 5.74) is 1.38. The molecule has 15 heavy (non-hydrogen) atoms. The summed E-state index contributed by atoms with van der Waals surface area (Å²) in [6.07, 6.45) is 3.74. The third-order valence-corrected chi connectivity index (χ3v) is 6.10. The Morgan fingerprint density at radius 2 is 2.07 bits per heavy atom. The summed E-state index contributed by atoms with van der Waals surface area (Å²) >= 11 is 0. The van der Waals surface area contributed by atoms with Gasteiger partial charge < -0.3 is 4.74 Å².